The Morgan fingerprint density at radius 2 is 1.91 bits per heavy atom. The second-order valence-electron chi connectivity index (χ2n) is 4.72. The summed E-state index contributed by atoms with van der Waals surface area (Å²) >= 11 is 5.49. The van der Waals surface area contributed by atoms with Crippen molar-refractivity contribution in [3.63, 3.8) is 0 Å². The van der Waals surface area contributed by atoms with Crippen molar-refractivity contribution in [2.45, 2.75) is 0 Å². The molecule has 0 saturated carbocycles. The van der Waals surface area contributed by atoms with Crippen molar-refractivity contribution in [3.05, 3.63) is 50.1 Å². The van der Waals surface area contributed by atoms with Gasteiger partial charge < -0.3 is 16.5 Å². The number of aromatic nitrogens is 3. The monoisotopic (exact) mass is 483 g/mol. The number of carbonyl (C=O) groups is 1. The number of amides is 1. The van der Waals surface area contributed by atoms with Crippen LogP contribution < -0.4 is 11.5 Å². The van der Waals surface area contributed by atoms with E-state index < -0.39 is 5.91 Å². The van der Waals surface area contributed by atoms with Gasteiger partial charge in [-0.2, -0.15) is 0 Å². The number of nitrogens with two attached hydrogens (primary N) is 2. The SMILES string of the molecule is NC(=O)c1c(-c2ccccc2)[nH]c(-c2nc(N)ncc2Br)c1I. The first-order valence-corrected chi connectivity index (χ1v) is 8.41. The summed E-state index contributed by atoms with van der Waals surface area (Å²) in [5, 5.41) is 0. The van der Waals surface area contributed by atoms with Crippen LogP contribution in [0.25, 0.3) is 22.6 Å². The highest BCUT2D eigenvalue weighted by molar-refractivity contribution is 14.1. The number of primary amides is 1. The fraction of sp³-hybridized carbons (Fsp3) is 0. The third-order valence-electron chi connectivity index (χ3n) is 3.25. The van der Waals surface area contributed by atoms with Gasteiger partial charge in [-0.05, 0) is 44.1 Å². The largest absolute Gasteiger partial charge is 0.368 e. The number of halogens is 2. The predicted molar refractivity (Wildman–Crippen MR) is 101 cm³/mol. The van der Waals surface area contributed by atoms with Gasteiger partial charge in [0.05, 0.1) is 25.0 Å². The van der Waals surface area contributed by atoms with Gasteiger partial charge in [-0.15, -0.1) is 0 Å². The summed E-state index contributed by atoms with van der Waals surface area (Å²) in [5.41, 5.74) is 14.4. The summed E-state index contributed by atoms with van der Waals surface area (Å²) in [6.45, 7) is 0. The summed E-state index contributed by atoms with van der Waals surface area (Å²) in [6.07, 6.45) is 1.57. The van der Waals surface area contributed by atoms with E-state index in [1.807, 2.05) is 30.3 Å². The Balaban J connectivity index is 2.28. The number of hydrogen-bond donors (Lipinski definition) is 3. The number of aromatic amines is 1. The van der Waals surface area contributed by atoms with Crippen LogP contribution in [0.5, 0.6) is 0 Å². The van der Waals surface area contributed by atoms with Crippen LogP contribution in [-0.4, -0.2) is 20.9 Å². The van der Waals surface area contributed by atoms with Crippen LogP contribution in [-0.2, 0) is 0 Å². The number of hydrogen-bond acceptors (Lipinski definition) is 4. The molecule has 3 rings (SSSR count). The summed E-state index contributed by atoms with van der Waals surface area (Å²) < 4.78 is 1.36. The minimum Gasteiger partial charge on any atom is -0.368 e. The van der Waals surface area contributed by atoms with Crippen molar-refractivity contribution in [2.75, 3.05) is 5.73 Å². The van der Waals surface area contributed by atoms with E-state index in [0.29, 0.717) is 30.7 Å². The quantitative estimate of drug-likeness (QED) is 0.497. The molecule has 0 aliphatic heterocycles. The zero-order chi connectivity index (χ0) is 16.6. The second-order valence-corrected chi connectivity index (χ2v) is 6.65. The number of nitrogens with one attached hydrogen (secondary N) is 1. The molecule has 6 nitrogen and oxygen atoms in total. The van der Waals surface area contributed by atoms with Crippen molar-refractivity contribution in [3.8, 4) is 22.6 Å². The van der Waals surface area contributed by atoms with Crippen LogP contribution in [0.15, 0.2) is 41.0 Å². The van der Waals surface area contributed by atoms with Crippen molar-refractivity contribution in [1.82, 2.24) is 15.0 Å². The molecule has 0 aliphatic carbocycles. The van der Waals surface area contributed by atoms with Gasteiger partial charge in [-0.1, -0.05) is 30.3 Å². The normalized spacial score (nSPS) is 10.7. The lowest BCUT2D eigenvalue weighted by Gasteiger charge is -2.03. The van der Waals surface area contributed by atoms with E-state index in [-0.39, 0.29) is 5.95 Å². The Kier molecular flexibility index (Phi) is 4.35. The molecule has 0 saturated heterocycles. The maximum absolute atomic E-state index is 11.9. The van der Waals surface area contributed by atoms with E-state index in [9.17, 15) is 4.79 Å². The number of nitrogens with zero attached hydrogens (tertiary/aromatic N) is 2. The molecule has 23 heavy (non-hydrogen) atoms. The molecule has 0 radical (unpaired) electrons. The van der Waals surface area contributed by atoms with Gasteiger partial charge in [0.25, 0.3) is 5.91 Å². The molecule has 2 aromatic heterocycles. The number of rotatable bonds is 3. The van der Waals surface area contributed by atoms with Gasteiger partial charge in [-0.3, -0.25) is 4.79 Å². The Morgan fingerprint density at radius 3 is 2.57 bits per heavy atom. The highest BCUT2D eigenvalue weighted by atomic mass is 127. The molecule has 0 spiro atoms. The average Bonchev–Trinajstić information content (AvgIpc) is 2.88. The highest BCUT2D eigenvalue weighted by Crippen LogP contribution is 2.36. The third kappa shape index (κ3) is 2.95. The Hall–Kier alpha value is -1.94. The molecular formula is C15H11BrIN5O. The van der Waals surface area contributed by atoms with E-state index in [0.717, 1.165) is 5.56 Å². The number of anilines is 1. The van der Waals surface area contributed by atoms with Crippen LogP contribution in [0.2, 0.25) is 0 Å². The van der Waals surface area contributed by atoms with Crippen LogP contribution >= 0.6 is 38.5 Å². The average molecular weight is 484 g/mol. The van der Waals surface area contributed by atoms with Crippen LogP contribution in [0, 0.1) is 3.57 Å². The predicted octanol–water partition coefficient (Wildman–Crippen LogP) is 3.19. The molecule has 0 unspecified atom stereocenters. The summed E-state index contributed by atoms with van der Waals surface area (Å²) in [6, 6.07) is 9.51. The van der Waals surface area contributed by atoms with E-state index in [2.05, 4.69) is 53.5 Å². The molecule has 2 heterocycles. The van der Waals surface area contributed by atoms with Crippen LogP contribution in [0.4, 0.5) is 5.95 Å². The third-order valence-corrected chi connectivity index (χ3v) is 4.91. The van der Waals surface area contributed by atoms with Crippen molar-refractivity contribution >= 4 is 50.4 Å². The standard InChI is InChI=1S/C15H11BrIN5O/c16-8-6-20-15(19)22-12(8)13-10(17)9(14(18)23)11(21-13)7-4-2-1-3-5-7/h1-6,21H,(H2,18,23)(H2,19,20,22). The molecule has 1 amide bonds. The van der Waals surface area contributed by atoms with Gasteiger partial charge >= 0.3 is 0 Å². The number of H-pyrrole nitrogens is 1. The van der Waals surface area contributed by atoms with Gasteiger partial charge in [0.1, 0.15) is 5.69 Å². The zero-order valence-corrected chi connectivity index (χ0v) is 15.4. The van der Waals surface area contributed by atoms with E-state index in [1.54, 1.807) is 6.20 Å². The fourth-order valence-electron chi connectivity index (χ4n) is 2.25. The van der Waals surface area contributed by atoms with Crippen molar-refractivity contribution in [2.24, 2.45) is 5.73 Å². The van der Waals surface area contributed by atoms with Gasteiger partial charge in [-0.25, -0.2) is 9.97 Å². The van der Waals surface area contributed by atoms with E-state index >= 15 is 0 Å². The number of carbonyl (C=O) groups excluding carboxylic acids is 1. The smallest absolute Gasteiger partial charge is 0.251 e. The number of benzene rings is 1. The lowest BCUT2D eigenvalue weighted by Crippen LogP contribution is -2.12. The van der Waals surface area contributed by atoms with E-state index in [1.165, 1.54) is 0 Å². The molecular weight excluding hydrogens is 473 g/mol. The minimum absolute atomic E-state index is 0.149. The maximum atomic E-state index is 11.9. The summed E-state index contributed by atoms with van der Waals surface area (Å²) in [7, 11) is 0. The first-order valence-electron chi connectivity index (χ1n) is 6.54. The van der Waals surface area contributed by atoms with Crippen LogP contribution in [0.1, 0.15) is 10.4 Å². The second kappa shape index (κ2) is 6.28. The number of nitrogen functional groups attached to an aromatic ring is 1. The first-order chi connectivity index (χ1) is 11.0. The molecule has 1 aromatic carbocycles. The Morgan fingerprint density at radius 1 is 1.22 bits per heavy atom. The Labute approximate surface area is 154 Å². The molecule has 0 atom stereocenters. The molecule has 0 bridgehead atoms. The van der Waals surface area contributed by atoms with Gasteiger partial charge in [0.2, 0.25) is 5.95 Å². The van der Waals surface area contributed by atoms with Crippen molar-refractivity contribution < 1.29 is 4.79 Å². The van der Waals surface area contributed by atoms with Gasteiger partial charge in [0, 0.05) is 6.20 Å². The highest BCUT2D eigenvalue weighted by Gasteiger charge is 2.23. The first kappa shape index (κ1) is 15.9. The molecule has 3 aromatic rings. The van der Waals surface area contributed by atoms with Crippen LogP contribution in [0.3, 0.4) is 0 Å². The summed E-state index contributed by atoms with van der Waals surface area (Å²) in [4.78, 5) is 23.4. The topological polar surface area (TPSA) is 111 Å². The maximum Gasteiger partial charge on any atom is 0.251 e. The van der Waals surface area contributed by atoms with Gasteiger partial charge in [0.15, 0.2) is 0 Å². The zero-order valence-electron chi connectivity index (χ0n) is 11.7. The molecule has 5 N–H and O–H groups in total. The fourth-order valence-corrected chi connectivity index (χ4v) is 3.56. The molecule has 0 aliphatic rings. The lowest BCUT2D eigenvalue weighted by atomic mass is 10.1. The Bertz CT molecular complexity index is 894. The molecule has 116 valence electrons. The lowest BCUT2D eigenvalue weighted by molar-refractivity contribution is 0.100. The van der Waals surface area contributed by atoms with Crippen molar-refractivity contribution in [1.29, 1.82) is 0 Å². The molecule has 0 fully saturated rings. The minimum atomic E-state index is -0.506. The molecule has 8 heteroatoms. The van der Waals surface area contributed by atoms with E-state index in [4.69, 9.17) is 11.5 Å². The summed E-state index contributed by atoms with van der Waals surface area (Å²) in [5.74, 6) is -0.357.